The normalized spacial score (nSPS) is 14.7. The third kappa shape index (κ3) is 4.33. The molecule has 0 unspecified atom stereocenters. The second kappa shape index (κ2) is 8.16. The summed E-state index contributed by atoms with van der Waals surface area (Å²) >= 11 is 0. The Kier molecular flexibility index (Phi) is 5.67. The van der Waals surface area contributed by atoms with Crippen LogP contribution < -0.4 is 10.2 Å². The Morgan fingerprint density at radius 1 is 1.14 bits per heavy atom. The van der Waals surface area contributed by atoms with E-state index in [0.29, 0.717) is 18.7 Å². The lowest BCUT2D eigenvalue weighted by molar-refractivity contribution is -0.123. The number of benzene rings is 2. The molecule has 0 radical (unpaired) electrons. The predicted octanol–water partition coefficient (Wildman–Crippen LogP) is 3.28. The van der Waals surface area contributed by atoms with Gasteiger partial charge in [0, 0.05) is 30.4 Å². The molecule has 0 saturated carbocycles. The highest BCUT2D eigenvalue weighted by Gasteiger charge is 2.24. The maximum Gasteiger partial charge on any atom is 0.338 e. The van der Waals surface area contributed by atoms with Crippen LogP contribution in [0.2, 0.25) is 0 Å². The molecule has 3 rings (SSSR count). The molecule has 2 aromatic carbocycles. The number of rotatable bonds is 5. The van der Waals surface area contributed by atoms with Gasteiger partial charge >= 0.3 is 5.97 Å². The number of carbonyl (C=O) groups is 3. The number of halogens is 2. The summed E-state index contributed by atoms with van der Waals surface area (Å²) in [5.74, 6) is -3.57. The van der Waals surface area contributed by atoms with E-state index >= 15 is 0 Å². The van der Waals surface area contributed by atoms with Crippen LogP contribution in [-0.2, 0) is 14.3 Å². The van der Waals surface area contributed by atoms with E-state index in [2.05, 4.69) is 5.32 Å². The zero-order valence-corrected chi connectivity index (χ0v) is 15.1. The molecule has 1 saturated heterocycles. The van der Waals surface area contributed by atoms with Gasteiger partial charge in [0.2, 0.25) is 5.91 Å². The summed E-state index contributed by atoms with van der Waals surface area (Å²) in [5.41, 5.74) is 0.835. The van der Waals surface area contributed by atoms with E-state index in [4.69, 9.17) is 4.74 Å². The quantitative estimate of drug-likeness (QED) is 0.798. The molecule has 28 heavy (non-hydrogen) atoms. The number of esters is 1. The van der Waals surface area contributed by atoms with Crippen molar-refractivity contribution < 1.29 is 27.9 Å². The van der Waals surface area contributed by atoms with E-state index in [1.54, 1.807) is 17.0 Å². The summed E-state index contributed by atoms with van der Waals surface area (Å²) in [6, 6.07) is 9.31. The molecule has 6 nitrogen and oxygen atoms in total. The van der Waals surface area contributed by atoms with Crippen molar-refractivity contribution in [2.24, 2.45) is 0 Å². The number of hydrogen-bond donors (Lipinski definition) is 1. The van der Waals surface area contributed by atoms with Gasteiger partial charge < -0.3 is 15.0 Å². The van der Waals surface area contributed by atoms with Gasteiger partial charge in [0.05, 0.1) is 5.56 Å². The van der Waals surface area contributed by atoms with Crippen molar-refractivity contribution in [1.29, 1.82) is 0 Å². The van der Waals surface area contributed by atoms with Crippen molar-refractivity contribution in [3.63, 3.8) is 0 Å². The van der Waals surface area contributed by atoms with E-state index < -0.39 is 29.6 Å². The third-order valence-corrected chi connectivity index (χ3v) is 4.31. The summed E-state index contributed by atoms with van der Waals surface area (Å²) in [6.45, 7) is 1.95. The second-order valence-corrected chi connectivity index (χ2v) is 6.36. The SMILES string of the molecule is C[C@H](OC(=O)c1cccc(N2CCCC2=O)c1)C(=O)Nc1ccc(F)c(F)c1. The van der Waals surface area contributed by atoms with E-state index in [9.17, 15) is 23.2 Å². The van der Waals surface area contributed by atoms with Gasteiger partial charge in [-0.15, -0.1) is 0 Å². The van der Waals surface area contributed by atoms with Gasteiger partial charge in [0.15, 0.2) is 17.7 Å². The van der Waals surface area contributed by atoms with Crippen LogP contribution in [0.5, 0.6) is 0 Å². The number of ether oxygens (including phenoxy) is 1. The number of amides is 2. The Morgan fingerprint density at radius 2 is 1.93 bits per heavy atom. The van der Waals surface area contributed by atoms with Crippen molar-refractivity contribution in [3.8, 4) is 0 Å². The minimum absolute atomic E-state index is 0.00945. The molecule has 1 N–H and O–H groups in total. The highest BCUT2D eigenvalue weighted by molar-refractivity contribution is 5.99. The first-order chi connectivity index (χ1) is 13.3. The van der Waals surface area contributed by atoms with E-state index in [1.165, 1.54) is 25.1 Å². The van der Waals surface area contributed by atoms with Crippen LogP contribution in [0, 0.1) is 11.6 Å². The number of carbonyl (C=O) groups excluding carboxylic acids is 3. The number of hydrogen-bond acceptors (Lipinski definition) is 4. The predicted molar refractivity (Wildman–Crippen MR) is 97.9 cm³/mol. The van der Waals surface area contributed by atoms with Crippen LogP contribution in [0.4, 0.5) is 20.2 Å². The Labute approximate surface area is 160 Å². The van der Waals surface area contributed by atoms with Gasteiger partial charge in [-0.3, -0.25) is 9.59 Å². The van der Waals surface area contributed by atoms with Crippen molar-refractivity contribution >= 4 is 29.2 Å². The van der Waals surface area contributed by atoms with Crippen LogP contribution in [0.25, 0.3) is 0 Å². The van der Waals surface area contributed by atoms with Crippen molar-refractivity contribution in [1.82, 2.24) is 0 Å². The zero-order chi connectivity index (χ0) is 20.3. The summed E-state index contributed by atoms with van der Waals surface area (Å²) < 4.78 is 31.3. The highest BCUT2D eigenvalue weighted by atomic mass is 19.2. The van der Waals surface area contributed by atoms with Gasteiger partial charge in [-0.05, 0) is 43.7 Å². The van der Waals surface area contributed by atoms with Crippen LogP contribution in [0.1, 0.15) is 30.1 Å². The molecule has 1 atom stereocenters. The first kappa shape index (κ1) is 19.5. The van der Waals surface area contributed by atoms with Gasteiger partial charge in [0.1, 0.15) is 0 Å². The fourth-order valence-electron chi connectivity index (χ4n) is 2.82. The number of nitrogens with one attached hydrogen (secondary N) is 1. The molecule has 1 fully saturated rings. The topological polar surface area (TPSA) is 75.7 Å². The average Bonchev–Trinajstić information content (AvgIpc) is 3.10. The lowest BCUT2D eigenvalue weighted by Crippen LogP contribution is -2.30. The first-order valence-electron chi connectivity index (χ1n) is 8.72. The number of anilines is 2. The van der Waals surface area contributed by atoms with Crippen LogP contribution in [-0.4, -0.2) is 30.4 Å². The lowest BCUT2D eigenvalue weighted by atomic mass is 10.2. The molecule has 0 spiro atoms. The highest BCUT2D eigenvalue weighted by Crippen LogP contribution is 2.23. The second-order valence-electron chi connectivity index (χ2n) is 6.36. The standard InChI is InChI=1S/C20H18F2N2O4/c1-12(19(26)23-14-7-8-16(21)17(22)11-14)28-20(27)13-4-2-5-15(10-13)24-9-3-6-18(24)25/h2,4-5,7-8,10-12H,3,6,9H2,1H3,(H,23,26)/t12-/m0/s1. The van der Waals surface area contributed by atoms with Crippen LogP contribution in [0.15, 0.2) is 42.5 Å². The van der Waals surface area contributed by atoms with Gasteiger partial charge in [0.25, 0.3) is 5.91 Å². The van der Waals surface area contributed by atoms with E-state index in [-0.39, 0.29) is 17.2 Å². The summed E-state index contributed by atoms with van der Waals surface area (Å²) in [6.07, 6.45) is 0.0579. The Balaban J connectivity index is 1.64. The molecule has 146 valence electrons. The molecular weight excluding hydrogens is 370 g/mol. The molecule has 1 heterocycles. The first-order valence-corrected chi connectivity index (χ1v) is 8.72. The molecular formula is C20H18F2N2O4. The van der Waals surface area contributed by atoms with Crippen LogP contribution >= 0.6 is 0 Å². The van der Waals surface area contributed by atoms with E-state index in [0.717, 1.165) is 18.6 Å². The van der Waals surface area contributed by atoms with Crippen molar-refractivity contribution in [3.05, 3.63) is 59.7 Å². The Hall–Kier alpha value is -3.29. The Morgan fingerprint density at radius 3 is 2.61 bits per heavy atom. The minimum Gasteiger partial charge on any atom is -0.449 e. The molecule has 0 aromatic heterocycles. The zero-order valence-electron chi connectivity index (χ0n) is 15.1. The van der Waals surface area contributed by atoms with Gasteiger partial charge in [-0.25, -0.2) is 13.6 Å². The maximum atomic E-state index is 13.2. The lowest BCUT2D eigenvalue weighted by Gasteiger charge is -2.17. The van der Waals surface area contributed by atoms with Gasteiger partial charge in [-0.2, -0.15) is 0 Å². The summed E-state index contributed by atoms with van der Waals surface area (Å²) in [4.78, 5) is 37.9. The van der Waals surface area contributed by atoms with Gasteiger partial charge in [-0.1, -0.05) is 6.07 Å². The largest absolute Gasteiger partial charge is 0.449 e. The fourth-order valence-corrected chi connectivity index (χ4v) is 2.82. The van der Waals surface area contributed by atoms with E-state index in [1.807, 2.05) is 0 Å². The molecule has 1 aliphatic rings. The van der Waals surface area contributed by atoms with Crippen molar-refractivity contribution in [2.45, 2.75) is 25.9 Å². The molecule has 0 aliphatic carbocycles. The minimum atomic E-state index is -1.17. The third-order valence-electron chi connectivity index (χ3n) is 4.31. The molecule has 0 bridgehead atoms. The summed E-state index contributed by atoms with van der Waals surface area (Å²) in [5, 5.41) is 2.35. The molecule has 2 aromatic rings. The molecule has 2 amide bonds. The average molecular weight is 388 g/mol. The van der Waals surface area contributed by atoms with Crippen LogP contribution in [0.3, 0.4) is 0 Å². The maximum absolute atomic E-state index is 13.2. The smallest absolute Gasteiger partial charge is 0.338 e. The van der Waals surface area contributed by atoms with Crippen molar-refractivity contribution in [2.75, 3.05) is 16.8 Å². The monoisotopic (exact) mass is 388 g/mol. The number of nitrogens with zero attached hydrogens (tertiary/aromatic N) is 1. The molecule has 8 heteroatoms. The Bertz CT molecular complexity index is 932. The molecule has 1 aliphatic heterocycles. The summed E-state index contributed by atoms with van der Waals surface area (Å²) in [7, 11) is 0. The fraction of sp³-hybridized carbons (Fsp3) is 0.250.